The average molecular weight is 749 g/mol. The third-order valence-electron chi connectivity index (χ3n) is 8.88. The zero-order chi connectivity index (χ0) is 36.8. The number of imidazole rings is 2. The van der Waals surface area contributed by atoms with Crippen molar-refractivity contribution in [3.05, 3.63) is 54.2 Å². The Labute approximate surface area is 304 Å². The lowest BCUT2D eigenvalue weighted by atomic mass is 10.2. The topological polar surface area (TPSA) is 170 Å². The molecule has 0 N–H and O–H groups in total. The van der Waals surface area contributed by atoms with Crippen LogP contribution >= 0.6 is 0 Å². The van der Waals surface area contributed by atoms with E-state index in [-0.39, 0.29) is 17.8 Å². The lowest BCUT2D eigenvalue weighted by Gasteiger charge is -2.34. The highest BCUT2D eigenvalue weighted by atomic mass is 32.2. The molecule has 2 aliphatic heterocycles. The first kappa shape index (κ1) is 35.9. The van der Waals surface area contributed by atoms with E-state index in [0.29, 0.717) is 91.5 Å². The molecular formula is C34H44N12O4S2. The molecular weight excluding hydrogens is 705 g/mol. The average Bonchev–Trinajstić information content (AvgIpc) is 3.65. The fourth-order valence-electron chi connectivity index (χ4n) is 6.49. The van der Waals surface area contributed by atoms with Gasteiger partial charge in [-0.15, -0.1) is 0 Å². The number of hydrogen-bond donors (Lipinski definition) is 0. The van der Waals surface area contributed by atoms with Crippen molar-refractivity contribution in [2.75, 3.05) is 68.1 Å². The van der Waals surface area contributed by atoms with Gasteiger partial charge in [0.1, 0.15) is 28.7 Å². The van der Waals surface area contributed by atoms with E-state index in [1.807, 2.05) is 41.3 Å². The second kappa shape index (κ2) is 14.1. The summed E-state index contributed by atoms with van der Waals surface area (Å²) >= 11 is 0. The molecule has 0 spiro atoms. The smallest absolute Gasteiger partial charge is 0.182 e. The highest BCUT2D eigenvalue weighted by Crippen LogP contribution is 2.31. The van der Waals surface area contributed by atoms with Crippen molar-refractivity contribution in [3.8, 4) is 23.0 Å². The van der Waals surface area contributed by atoms with Crippen molar-refractivity contribution in [3.63, 3.8) is 0 Å². The number of pyridine rings is 1. The molecule has 0 radical (unpaired) electrons. The van der Waals surface area contributed by atoms with Crippen molar-refractivity contribution in [2.24, 2.45) is 15.8 Å². The highest BCUT2D eigenvalue weighted by Gasteiger charge is 2.25. The van der Waals surface area contributed by atoms with Crippen LogP contribution in [0.15, 0.2) is 51.7 Å². The zero-order valence-corrected chi connectivity index (χ0v) is 32.1. The van der Waals surface area contributed by atoms with Crippen LogP contribution in [0.25, 0.3) is 28.7 Å². The normalized spacial score (nSPS) is 19.5. The number of fused-ring (bicyclic) bond motifs is 1. The largest absolute Gasteiger partial charge is 0.377 e. The van der Waals surface area contributed by atoms with Gasteiger partial charge in [-0.2, -0.15) is 8.73 Å². The number of ether oxygens (including phenoxy) is 2. The molecule has 2 aliphatic rings. The minimum absolute atomic E-state index is 0.0933. The van der Waals surface area contributed by atoms with E-state index in [0.717, 1.165) is 11.3 Å². The van der Waals surface area contributed by atoms with Crippen molar-refractivity contribution in [1.82, 2.24) is 38.9 Å². The number of rotatable bonds is 8. The summed E-state index contributed by atoms with van der Waals surface area (Å²) in [6.07, 6.45) is 10.1. The first-order valence-electron chi connectivity index (χ1n) is 17.0. The van der Waals surface area contributed by atoms with E-state index >= 15 is 0 Å². The zero-order valence-electron chi connectivity index (χ0n) is 30.5. The SMILES string of the molecule is Cc1nc2cc(CS(C)(=O)=Nc3cc(N4CCOCC4C)nc(-c4cncn4C)n3)ccn2c1-c1nc(N=S(C)(C)=O)cc(N2CCOC[C@H]2C)n1. The fraction of sp³-hybridized carbons (Fsp3) is 0.471. The maximum Gasteiger partial charge on any atom is 0.182 e. The number of anilines is 2. The summed E-state index contributed by atoms with van der Waals surface area (Å²) < 4.78 is 51.1. The van der Waals surface area contributed by atoms with Gasteiger partial charge in [0.05, 0.1) is 72.2 Å². The molecule has 0 saturated carbocycles. The summed E-state index contributed by atoms with van der Waals surface area (Å²) in [6.45, 7) is 9.72. The molecule has 3 atom stereocenters. The number of morpholine rings is 2. The van der Waals surface area contributed by atoms with Crippen molar-refractivity contribution in [1.29, 1.82) is 0 Å². The van der Waals surface area contributed by atoms with Gasteiger partial charge in [-0.05, 0) is 38.5 Å². The maximum absolute atomic E-state index is 14.2. The van der Waals surface area contributed by atoms with E-state index in [1.165, 1.54) is 0 Å². The van der Waals surface area contributed by atoms with Crippen LogP contribution in [0.1, 0.15) is 25.1 Å². The second-order valence-corrected chi connectivity index (χ2v) is 18.7. The summed E-state index contributed by atoms with van der Waals surface area (Å²) in [5.41, 5.74) is 3.57. The van der Waals surface area contributed by atoms with Crippen LogP contribution in [-0.2, 0) is 41.7 Å². The minimum Gasteiger partial charge on any atom is -0.377 e. The number of nitrogens with zero attached hydrogens (tertiary/aromatic N) is 12. The molecule has 2 fully saturated rings. The number of aryl methyl sites for hydroxylation is 2. The van der Waals surface area contributed by atoms with Crippen LogP contribution in [0.4, 0.5) is 23.3 Å². The number of hydrogen-bond acceptors (Lipinski definition) is 14. The van der Waals surface area contributed by atoms with Gasteiger partial charge < -0.3 is 23.8 Å². The Bertz CT molecular complexity index is 2380. The maximum atomic E-state index is 14.2. The molecule has 7 heterocycles. The first-order chi connectivity index (χ1) is 24.7. The second-order valence-electron chi connectivity index (χ2n) is 13.7. The van der Waals surface area contributed by atoms with Crippen molar-refractivity contribution >= 4 is 48.4 Å². The monoisotopic (exact) mass is 748 g/mol. The highest BCUT2D eigenvalue weighted by molar-refractivity contribution is 7.92. The van der Waals surface area contributed by atoms with E-state index in [4.69, 9.17) is 38.8 Å². The Balaban J connectivity index is 1.24. The molecule has 16 nitrogen and oxygen atoms in total. The quantitative estimate of drug-likeness (QED) is 0.224. The van der Waals surface area contributed by atoms with E-state index in [9.17, 15) is 8.42 Å². The molecule has 5 aromatic rings. The van der Waals surface area contributed by atoms with Gasteiger partial charge in [-0.1, -0.05) is 0 Å². The number of aromatic nitrogens is 8. The molecule has 2 unspecified atom stereocenters. The van der Waals surface area contributed by atoms with E-state index in [1.54, 1.807) is 43.4 Å². The van der Waals surface area contributed by atoms with E-state index < -0.39 is 19.5 Å². The molecule has 0 aromatic carbocycles. The molecule has 2 saturated heterocycles. The lowest BCUT2D eigenvalue weighted by Crippen LogP contribution is -2.44. The molecule has 0 bridgehead atoms. The molecule has 5 aromatic heterocycles. The third kappa shape index (κ3) is 7.79. The van der Waals surface area contributed by atoms with Gasteiger partial charge in [-0.3, -0.25) is 4.40 Å². The Kier molecular flexibility index (Phi) is 9.75. The Morgan fingerprint density at radius 1 is 0.846 bits per heavy atom. The summed E-state index contributed by atoms with van der Waals surface area (Å²) in [5.74, 6) is 3.11. The first-order valence-corrected chi connectivity index (χ1v) is 21.4. The molecule has 276 valence electrons. The summed E-state index contributed by atoms with van der Waals surface area (Å²) in [7, 11) is -3.42. The van der Waals surface area contributed by atoms with Crippen LogP contribution in [0.3, 0.4) is 0 Å². The predicted molar refractivity (Wildman–Crippen MR) is 202 cm³/mol. The van der Waals surface area contributed by atoms with Crippen LogP contribution in [0.5, 0.6) is 0 Å². The Hall–Kier alpha value is -4.52. The van der Waals surface area contributed by atoms with Crippen LogP contribution < -0.4 is 9.80 Å². The molecule has 18 heteroatoms. The molecule has 0 aliphatic carbocycles. The summed E-state index contributed by atoms with van der Waals surface area (Å²) in [5, 5.41) is 0. The Morgan fingerprint density at radius 2 is 1.46 bits per heavy atom. The summed E-state index contributed by atoms with van der Waals surface area (Å²) in [6, 6.07) is 7.57. The van der Waals surface area contributed by atoms with Gasteiger partial charge in [0.15, 0.2) is 23.3 Å². The molecule has 7 rings (SSSR count). The van der Waals surface area contributed by atoms with E-state index in [2.05, 4.69) is 33.0 Å². The standard InChI is InChI=1S/C34H44N12O4S2/c1-22-18-49-12-10-44(22)30-16-28(37-33(39-30)26-17-35-21-43(26)4)42-52(7,48)20-25-8-9-46-29(14-25)36-24(3)32(46)34-38-27(41-51(5,6)47)15-31(40-34)45-11-13-50-19-23(45)2/h8-9,14-17,21-23H,10-13,18-20H2,1-7H3/t22?,23-,52?/m1/s1. The van der Waals surface area contributed by atoms with Gasteiger partial charge in [0.2, 0.25) is 0 Å². The van der Waals surface area contributed by atoms with Gasteiger partial charge in [-0.25, -0.2) is 38.3 Å². The third-order valence-corrected chi connectivity index (χ3v) is 10.9. The van der Waals surface area contributed by atoms with Crippen molar-refractivity contribution in [2.45, 2.75) is 38.6 Å². The summed E-state index contributed by atoms with van der Waals surface area (Å²) in [4.78, 5) is 32.6. The van der Waals surface area contributed by atoms with Gasteiger partial charge in [0, 0.05) is 67.0 Å². The van der Waals surface area contributed by atoms with Crippen molar-refractivity contribution < 1.29 is 17.9 Å². The van der Waals surface area contributed by atoms with Crippen LogP contribution in [0, 0.1) is 6.92 Å². The molecule has 52 heavy (non-hydrogen) atoms. The predicted octanol–water partition coefficient (Wildman–Crippen LogP) is 4.03. The lowest BCUT2D eigenvalue weighted by molar-refractivity contribution is 0.0985. The molecule has 0 amide bonds. The Morgan fingerprint density at radius 3 is 2.06 bits per heavy atom. The van der Waals surface area contributed by atoms with Crippen LogP contribution in [-0.4, -0.2) is 118 Å². The van der Waals surface area contributed by atoms with Gasteiger partial charge in [0.25, 0.3) is 0 Å². The fourth-order valence-corrected chi connectivity index (χ4v) is 8.38. The van der Waals surface area contributed by atoms with Crippen LogP contribution in [0.2, 0.25) is 0 Å². The minimum atomic E-state index is -2.81. The van der Waals surface area contributed by atoms with Gasteiger partial charge >= 0.3 is 0 Å².